The maximum Gasteiger partial charge on any atom is 0.122 e. The van der Waals surface area contributed by atoms with E-state index in [4.69, 9.17) is 15.2 Å². The van der Waals surface area contributed by atoms with Crippen molar-refractivity contribution in [1.29, 1.82) is 0 Å². The molecular formula is C15H24N2O2. The summed E-state index contributed by atoms with van der Waals surface area (Å²) in [4.78, 5) is 0. The van der Waals surface area contributed by atoms with E-state index in [1.54, 1.807) is 14.2 Å². The highest BCUT2D eigenvalue weighted by Crippen LogP contribution is 2.32. The van der Waals surface area contributed by atoms with Gasteiger partial charge in [-0.15, -0.1) is 0 Å². The Morgan fingerprint density at radius 1 is 1.21 bits per heavy atom. The van der Waals surface area contributed by atoms with E-state index < -0.39 is 0 Å². The molecule has 1 fully saturated rings. The molecular weight excluding hydrogens is 240 g/mol. The Hall–Kier alpha value is -1.26. The number of benzene rings is 1. The number of hydrogen-bond donors (Lipinski definition) is 2. The Bertz CT molecular complexity index is 383. The minimum Gasteiger partial charge on any atom is -0.497 e. The lowest BCUT2D eigenvalue weighted by molar-refractivity contribution is 0.391. The average Bonchev–Trinajstić information content (AvgIpc) is 3.27. The van der Waals surface area contributed by atoms with E-state index in [0.717, 1.165) is 29.5 Å². The molecule has 0 aliphatic heterocycles. The molecule has 3 N–H and O–H groups in total. The van der Waals surface area contributed by atoms with Gasteiger partial charge in [0.25, 0.3) is 0 Å². The molecule has 0 heterocycles. The van der Waals surface area contributed by atoms with Gasteiger partial charge < -0.3 is 20.5 Å². The maximum atomic E-state index is 5.88. The van der Waals surface area contributed by atoms with Crippen molar-refractivity contribution in [2.45, 2.75) is 25.3 Å². The smallest absolute Gasteiger partial charge is 0.122 e. The molecule has 0 bridgehead atoms. The maximum absolute atomic E-state index is 5.88. The Kier molecular flexibility index (Phi) is 5.05. The molecule has 1 aromatic rings. The van der Waals surface area contributed by atoms with Gasteiger partial charge in [-0.2, -0.15) is 0 Å². The predicted octanol–water partition coefficient (Wildman–Crippen LogP) is 2.09. The molecule has 1 atom stereocenters. The van der Waals surface area contributed by atoms with Crippen LogP contribution in [0.5, 0.6) is 11.5 Å². The second kappa shape index (κ2) is 6.78. The lowest BCUT2D eigenvalue weighted by Crippen LogP contribution is -2.29. The van der Waals surface area contributed by atoms with Crippen LogP contribution >= 0.6 is 0 Å². The molecule has 2 rings (SSSR count). The third kappa shape index (κ3) is 4.11. The Balaban J connectivity index is 2.02. The minimum absolute atomic E-state index is 0.155. The van der Waals surface area contributed by atoms with Crippen molar-refractivity contribution < 1.29 is 9.47 Å². The zero-order valence-corrected chi connectivity index (χ0v) is 11.8. The third-order valence-electron chi connectivity index (χ3n) is 3.65. The van der Waals surface area contributed by atoms with Gasteiger partial charge in [-0.05, 0) is 36.6 Å². The lowest BCUT2D eigenvalue weighted by Gasteiger charge is -2.19. The van der Waals surface area contributed by atoms with Crippen LogP contribution in [-0.4, -0.2) is 27.3 Å². The number of nitrogens with two attached hydrogens (primary N) is 1. The van der Waals surface area contributed by atoms with Gasteiger partial charge in [0.1, 0.15) is 11.5 Å². The zero-order chi connectivity index (χ0) is 13.7. The van der Waals surface area contributed by atoms with Crippen molar-refractivity contribution >= 4 is 0 Å². The van der Waals surface area contributed by atoms with Crippen LogP contribution < -0.4 is 20.5 Å². The zero-order valence-electron chi connectivity index (χ0n) is 11.8. The van der Waals surface area contributed by atoms with Crippen LogP contribution in [0.3, 0.4) is 0 Å². The number of hydrogen-bond acceptors (Lipinski definition) is 4. The summed E-state index contributed by atoms with van der Waals surface area (Å²) < 4.78 is 10.6. The number of nitrogens with one attached hydrogen (secondary N) is 1. The number of methoxy groups -OCH3 is 2. The highest BCUT2D eigenvalue weighted by molar-refractivity contribution is 5.40. The van der Waals surface area contributed by atoms with Gasteiger partial charge in [0.2, 0.25) is 0 Å². The first kappa shape index (κ1) is 14.2. The second-order valence-electron chi connectivity index (χ2n) is 5.12. The summed E-state index contributed by atoms with van der Waals surface area (Å²) >= 11 is 0. The van der Waals surface area contributed by atoms with E-state index >= 15 is 0 Å². The largest absolute Gasteiger partial charge is 0.497 e. The lowest BCUT2D eigenvalue weighted by atomic mass is 10.1. The summed E-state index contributed by atoms with van der Waals surface area (Å²) in [6, 6.07) is 6.07. The Labute approximate surface area is 115 Å². The first-order valence-electron chi connectivity index (χ1n) is 6.93. The van der Waals surface area contributed by atoms with Crippen LogP contribution in [0.1, 0.15) is 30.9 Å². The number of rotatable bonds is 8. The second-order valence-corrected chi connectivity index (χ2v) is 5.12. The van der Waals surface area contributed by atoms with Crippen molar-refractivity contribution in [3.05, 3.63) is 23.8 Å². The van der Waals surface area contributed by atoms with Crippen molar-refractivity contribution in [3.8, 4) is 11.5 Å². The van der Waals surface area contributed by atoms with Crippen LogP contribution in [0.4, 0.5) is 0 Å². The van der Waals surface area contributed by atoms with Gasteiger partial charge in [-0.3, -0.25) is 0 Å². The average molecular weight is 264 g/mol. The van der Waals surface area contributed by atoms with E-state index in [2.05, 4.69) is 5.32 Å². The minimum atomic E-state index is 0.155. The Morgan fingerprint density at radius 3 is 2.32 bits per heavy atom. The topological polar surface area (TPSA) is 56.5 Å². The summed E-state index contributed by atoms with van der Waals surface area (Å²) in [5.41, 5.74) is 7.00. The summed E-state index contributed by atoms with van der Waals surface area (Å²) in [7, 11) is 3.33. The van der Waals surface area contributed by atoms with Gasteiger partial charge in [0.05, 0.1) is 14.2 Å². The standard InChI is InChI=1S/C15H24N2O2/c1-18-13-7-12(8-14(9-13)19-2)15(10-16)17-6-5-11-3-4-11/h7-9,11,15,17H,3-6,10,16H2,1-2H3. The third-order valence-corrected chi connectivity index (χ3v) is 3.65. The molecule has 0 saturated heterocycles. The van der Waals surface area contributed by atoms with Crippen molar-refractivity contribution in [3.63, 3.8) is 0 Å². The van der Waals surface area contributed by atoms with E-state index in [1.165, 1.54) is 19.3 Å². The van der Waals surface area contributed by atoms with E-state index in [9.17, 15) is 0 Å². The molecule has 0 amide bonds. The Morgan fingerprint density at radius 2 is 1.84 bits per heavy atom. The van der Waals surface area contributed by atoms with Crippen LogP contribution in [0.25, 0.3) is 0 Å². The monoisotopic (exact) mass is 264 g/mol. The van der Waals surface area contributed by atoms with Gasteiger partial charge >= 0.3 is 0 Å². The summed E-state index contributed by atoms with van der Waals surface area (Å²) in [6.45, 7) is 1.59. The van der Waals surface area contributed by atoms with Crippen molar-refractivity contribution in [2.75, 3.05) is 27.3 Å². The molecule has 1 aliphatic carbocycles. The molecule has 106 valence electrons. The first-order valence-corrected chi connectivity index (χ1v) is 6.93. The molecule has 0 radical (unpaired) electrons. The molecule has 4 nitrogen and oxygen atoms in total. The predicted molar refractivity (Wildman–Crippen MR) is 76.7 cm³/mol. The van der Waals surface area contributed by atoms with Crippen LogP contribution in [0.15, 0.2) is 18.2 Å². The van der Waals surface area contributed by atoms with Gasteiger partial charge in [0, 0.05) is 18.7 Å². The molecule has 1 saturated carbocycles. The van der Waals surface area contributed by atoms with Crippen molar-refractivity contribution in [1.82, 2.24) is 5.32 Å². The normalized spacial score (nSPS) is 16.2. The summed E-state index contributed by atoms with van der Waals surface area (Å²) in [5.74, 6) is 2.54. The van der Waals surface area contributed by atoms with E-state index in [-0.39, 0.29) is 6.04 Å². The number of ether oxygens (including phenoxy) is 2. The summed E-state index contributed by atoms with van der Waals surface area (Å²) in [6.07, 6.45) is 4.03. The molecule has 0 spiro atoms. The van der Waals surface area contributed by atoms with E-state index in [1.807, 2.05) is 18.2 Å². The molecule has 1 aliphatic rings. The van der Waals surface area contributed by atoms with Crippen LogP contribution in [-0.2, 0) is 0 Å². The van der Waals surface area contributed by atoms with Crippen LogP contribution in [0.2, 0.25) is 0 Å². The quantitative estimate of drug-likeness (QED) is 0.755. The van der Waals surface area contributed by atoms with Gasteiger partial charge in [-0.25, -0.2) is 0 Å². The van der Waals surface area contributed by atoms with E-state index in [0.29, 0.717) is 6.54 Å². The van der Waals surface area contributed by atoms with Crippen LogP contribution in [0, 0.1) is 5.92 Å². The molecule has 1 aromatic carbocycles. The molecule has 19 heavy (non-hydrogen) atoms. The highest BCUT2D eigenvalue weighted by atomic mass is 16.5. The fraction of sp³-hybridized carbons (Fsp3) is 0.600. The molecule has 1 unspecified atom stereocenters. The molecule has 4 heteroatoms. The SMILES string of the molecule is COc1cc(OC)cc(C(CN)NCCC2CC2)c1. The van der Waals surface area contributed by atoms with Gasteiger partial charge in [-0.1, -0.05) is 12.8 Å². The summed E-state index contributed by atoms with van der Waals surface area (Å²) in [5, 5.41) is 3.52. The fourth-order valence-electron chi connectivity index (χ4n) is 2.24. The highest BCUT2D eigenvalue weighted by Gasteiger charge is 2.21. The first-order chi connectivity index (χ1) is 9.26. The van der Waals surface area contributed by atoms with Gasteiger partial charge in [0.15, 0.2) is 0 Å². The van der Waals surface area contributed by atoms with Crippen molar-refractivity contribution in [2.24, 2.45) is 11.7 Å². The fourth-order valence-corrected chi connectivity index (χ4v) is 2.24. The molecule has 0 aromatic heterocycles.